The van der Waals surface area contributed by atoms with E-state index in [1.54, 1.807) is 13.1 Å². The molecular weight excluding hydrogens is 353 g/mol. The highest BCUT2D eigenvalue weighted by Crippen LogP contribution is 2.29. The van der Waals surface area contributed by atoms with Crippen molar-refractivity contribution in [3.05, 3.63) is 57.2 Å². The van der Waals surface area contributed by atoms with Crippen molar-refractivity contribution in [3.63, 3.8) is 0 Å². The van der Waals surface area contributed by atoms with Gasteiger partial charge in [-0.3, -0.25) is 13.8 Å². The van der Waals surface area contributed by atoms with Gasteiger partial charge < -0.3 is 4.90 Å². The van der Waals surface area contributed by atoms with Crippen molar-refractivity contribution in [1.29, 1.82) is 0 Å². The second kappa shape index (κ2) is 5.63. The maximum atomic E-state index is 13.6. The smallest absolute Gasteiger partial charge is 0.272 e. The molecule has 4 aromatic rings. The first-order valence-corrected chi connectivity index (χ1v) is 9.35. The molecule has 132 valence electrons. The monoisotopic (exact) mass is 369 g/mol. The molecule has 0 fully saturated rings. The minimum absolute atomic E-state index is 0.0553. The molecule has 0 aliphatic carbocycles. The minimum Gasteiger partial charge on any atom is -0.364 e. The Morgan fingerprint density at radius 3 is 3.04 bits per heavy atom. The molecule has 1 aliphatic rings. The predicted molar refractivity (Wildman–Crippen MR) is 99.4 cm³/mol. The normalized spacial score (nSPS) is 14.3. The second-order valence-electron chi connectivity index (χ2n) is 6.55. The fourth-order valence-corrected chi connectivity index (χ4v) is 4.58. The Morgan fingerprint density at radius 2 is 2.15 bits per heavy atom. The second-order valence-corrected chi connectivity index (χ2v) is 7.47. The van der Waals surface area contributed by atoms with Crippen molar-refractivity contribution >= 4 is 33.0 Å². The van der Waals surface area contributed by atoms with Crippen LogP contribution in [0.4, 0.5) is 10.1 Å². The van der Waals surface area contributed by atoms with Crippen LogP contribution in [0.15, 0.2) is 34.4 Å². The first kappa shape index (κ1) is 15.5. The van der Waals surface area contributed by atoms with Crippen molar-refractivity contribution in [2.75, 3.05) is 11.4 Å². The Hall–Kier alpha value is -2.74. The highest BCUT2D eigenvalue weighted by molar-refractivity contribution is 7.17. The summed E-state index contributed by atoms with van der Waals surface area (Å²) in [5, 5.41) is 10.5. The molecule has 0 radical (unpaired) electrons. The SMILES string of the molecule is Cn1c(=O)c2sccc2n2c(CN3CCCc4cc(F)ccc43)nnc12. The first-order valence-electron chi connectivity index (χ1n) is 8.47. The van der Waals surface area contributed by atoms with E-state index in [9.17, 15) is 9.18 Å². The number of hydrogen-bond acceptors (Lipinski definition) is 5. The number of nitrogens with zero attached hydrogens (tertiary/aromatic N) is 5. The van der Waals surface area contributed by atoms with Crippen molar-refractivity contribution < 1.29 is 4.39 Å². The molecule has 6 nitrogen and oxygen atoms in total. The van der Waals surface area contributed by atoms with Crippen LogP contribution in [0.25, 0.3) is 16.0 Å². The van der Waals surface area contributed by atoms with Gasteiger partial charge in [0.15, 0.2) is 5.82 Å². The van der Waals surface area contributed by atoms with E-state index in [0.717, 1.165) is 42.0 Å². The lowest BCUT2D eigenvalue weighted by Gasteiger charge is -2.30. The Kier molecular flexibility index (Phi) is 3.36. The fraction of sp³-hybridized carbons (Fsp3) is 0.278. The van der Waals surface area contributed by atoms with E-state index in [0.29, 0.717) is 17.0 Å². The number of halogens is 1. The third-order valence-electron chi connectivity index (χ3n) is 4.99. The Morgan fingerprint density at radius 1 is 1.27 bits per heavy atom. The largest absolute Gasteiger partial charge is 0.364 e. The van der Waals surface area contributed by atoms with Crippen molar-refractivity contribution in [3.8, 4) is 0 Å². The average molecular weight is 369 g/mol. The molecule has 4 heterocycles. The van der Waals surface area contributed by atoms with Crippen LogP contribution in [0.1, 0.15) is 17.8 Å². The standard InChI is InChI=1S/C18H16FN5OS/c1-22-17(25)16-14(6-8-26-16)24-15(20-21-18(22)24)10-23-7-2-3-11-9-12(19)4-5-13(11)23/h4-6,8-9H,2-3,7,10H2,1H3. The van der Waals surface area contributed by atoms with Crippen LogP contribution in [-0.2, 0) is 20.0 Å². The van der Waals surface area contributed by atoms with E-state index in [4.69, 9.17) is 0 Å². The third kappa shape index (κ3) is 2.18. The number of benzene rings is 1. The Labute approximate surface area is 152 Å². The van der Waals surface area contributed by atoms with Gasteiger partial charge in [0.25, 0.3) is 5.56 Å². The average Bonchev–Trinajstić information content (AvgIpc) is 3.26. The van der Waals surface area contributed by atoms with E-state index < -0.39 is 0 Å². The summed E-state index contributed by atoms with van der Waals surface area (Å²) in [6, 6.07) is 6.88. The molecule has 1 aromatic carbocycles. The zero-order valence-corrected chi connectivity index (χ0v) is 15.0. The highest BCUT2D eigenvalue weighted by atomic mass is 32.1. The molecule has 1 aliphatic heterocycles. The molecule has 0 bridgehead atoms. The molecule has 0 amide bonds. The number of aryl methyl sites for hydroxylation is 2. The summed E-state index contributed by atoms with van der Waals surface area (Å²) < 4.78 is 17.7. The maximum absolute atomic E-state index is 13.6. The predicted octanol–water partition coefficient (Wildman–Crippen LogP) is 2.73. The summed E-state index contributed by atoms with van der Waals surface area (Å²) in [6.45, 7) is 1.44. The zero-order chi connectivity index (χ0) is 17.8. The molecule has 26 heavy (non-hydrogen) atoms. The molecule has 8 heteroatoms. The van der Waals surface area contributed by atoms with Crippen LogP contribution in [0.3, 0.4) is 0 Å². The van der Waals surface area contributed by atoms with Crippen LogP contribution in [0, 0.1) is 5.82 Å². The molecule has 0 N–H and O–H groups in total. The number of fused-ring (bicyclic) bond motifs is 4. The van der Waals surface area contributed by atoms with E-state index in [1.165, 1.54) is 22.0 Å². The first-order chi connectivity index (χ1) is 12.6. The molecule has 0 saturated carbocycles. The Balaban J connectivity index is 1.65. The summed E-state index contributed by atoms with van der Waals surface area (Å²) in [7, 11) is 1.72. The number of anilines is 1. The van der Waals surface area contributed by atoms with E-state index in [-0.39, 0.29) is 11.4 Å². The molecule has 0 unspecified atom stereocenters. The van der Waals surface area contributed by atoms with Gasteiger partial charge in [-0.15, -0.1) is 21.5 Å². The van der Waals surface area contributed by atoms with Crippen LogP contribution >= 0.6 is 11.3 Å². The topological polar surface area (TPSA) is 55.4 Å². The van der Waals surface area contributed by atoms with Crippen molar-refractivity contribution in [2.24, 2.45) is 7.05 Å². The summed E-state index contributed by atoms with van der Waals surface area (Å²) in [5.74, 6) is 1.11. The van der Waals surface area contributed by atoms with Crippen LogP contribution < -0.4 is 10.5 Å². The molecule has 0 saturated heterocycles. The third-order valence-corrected chi connectivity index (χ3v) is 5.88. The number of hydrogen-bond donors (Lipinski definition) is 0. The van der Waals surface area contributed by atoms with Gasteiger partial charge in [-0.2, -0.15) is 0 Å². The number of thiophene rings is 1. The van der Waals surface area contributed by atoms with Gasteiger partial charge in [0.2, 0.25) is 5.78 Å². The number of aromatic nitrogens is 4. The summed E-state index contributed by atoms with van der Waals surface area (Å²) >= 11 is 1.43. The maximum Gasteiger partial charge on any atom is 0.272 e. The van der Waals surface area contributed by atoms with Gasteiger partial charge in [0.05, 0.1) is 12.1 Å². The van der Waals surface area contributed by atoms with Crippen LogP contribution in [0.2, 0.25) is 0 Å². The zero-order valence-electron chi connectivity index (χ0n) is 14.1. The highest BCUT2D eigenvalue weighted by Gasteiger charge is 2.21. The van der Waals surface area contributed by atoms with Crippen molar-refractivity contribution in [1.82, 2.24) is 19.2 Å². The quantitative estimate of drug-likeness (QED) is 0.545. The Bertz CT molecular complexity index is 1210. The summed E-state index contributed by atoms with van der Waals surface area (Å²) in [6.07, 6.45) is 1.85. The molecule has 3 aromatic heterocycles. The van der Waals surface area contributed by atoms with E-state index >= 15 is 0 Å². The van der Waals surface area contributed by atoms with Gasteiger partial charge in [-0.25, -0.2) is 4.39 Å². The molecular formula is C18H16FN5OS. The van der Waals surface area contributed by atoms with Crippen LogP contribution in [0.5, 0.6) is 0 Å². The summed E-state index contributed by atoms with van der Waals surface area (Å²) in [4.78, 5) is 14.7. The van der Waals surface area contributed by atoms with Crippen molar-refractivity contribution in [2.45, 2.75) is 19.4 Å². The van der Waals surface area contributed by atoms with E-state index in [2.05, 4.69) is 15.1 Å². The molecule has 0 spiro atoms. The summed E-state index contributed by atoms with van der Waals surface area (Å²) in [5.41, 5.74) is 2.85. The van der Waals surface area contributed by atoms with Gasteiger partial charge in [-0.05, 0) is 48.1 Å². The number of rotatable bonds is 2. The van der Waals surface area contributed by atoms with Gasteiger partial charge in [-0.1, -0.05) is 0 Å². The minimum atomic E-state index is -0.200. The lowest BCUT2D eigenvalue weighted by atomic mass is 10.0. The lowest BCUT2D eigenvalue weighted by molar-refractivity contribution is 0.616. The molecule has 0 atom stereocenters. The van der Waals surface area contributed by atoms with Gasteiger partial charge >= 0.3 is 0 Å². The van der Waals surface area contributed by atoms with E-state index in [1.807, 2.05) is 21.9 Å². The van der Waals surface area contributed by atoms with Gasteiger partial charge in [0.1, 0.15) is 10.5 Å². The van der Waals surface area contributed by atoms with Gasteiger partial charge in [0, 0.05) is 19.3 Å². The fourth-order valence-electron chi connectivity index (χ4n) is 3.73. The lowest BCUT2D eigenvalue weighted by Crippen LogP contribution is -2.30. The van der Waals surface area contributed by atoms with Crippen LogP contribution in [-0.4, -0.2) is 25.7 Å². The molecule has 5 rings (SSSR count).